The highest BCUT2D eigenvalue weighted by Crippen LogP contribution is 2.52. The van der Waals surface area contributed by atoms with Crippen molar-refractivity contribution in [2.45, 2.75) is 87.0 Å². The molecule has 9 rings (SSSR count). The van der Waals surface area contributed by atoms with Crippen LogP contribution >= 0.6 is 11.3 Å². The first-order valence-corrected chi connectivity index (χ1v) is 19.9. The Bertz CT molecular complexity index is 2470. The molecule has 0 amide bonds. The third-order valence-corrected chi connectivity index (χ3v) is 12.7. The van der Waals surface area contributed by atoms with Gasteiger partial charge in [0.1, 0.15) is 13.2 Å². The molecule has 5 aromatic carbocycles. The lowest BCUT2D eigenvalue weighted by Crippen LogP contribution is -2.61. The summed E-state index contributed by atoms with van der Waals surface area (Å²) < 4.78 is 14.0. The quantitative estimate of drug-likeness (QED) is 0.166. The van der Waals surface area contributed by atoms with Crippen LogP contribution in [0.15, 0.2) is 72.8 Å². The third kappa shape index (κ3) is 5.16. The molecule has 4 heterocycles. The topological polar surface area (TPSA) is 24.9 Å². The Hall–Kier alpha value is -4.68. The number of nitrogens with zero attached hydrogens (tertiary/aromatic N) is 2. The Morgan fingerprint density at radius 3 is 1.66 bits per heavy atom. The van der Waals surface area contributed by atoms with Crippen LogP contribution in [0.25, 0.3) is 10.1 Å². The van der Waals surface area contributed by atoms with Gasteiger partial charge >= 0.3 is 0 Å². The number of thiophene rings is 1. The van der Waals surface area contributed by atoms with E-state index >= 15 is 0 Å². The molecule has 0 radical (unpaired) electrons. The van der Waals surface area contributed by atoms with Gasteiger partial charge in [0.2, 0.25) is 0 Å². The van der Waals surface area contributed by atoms with E-state index < -0.39 is 0 Å². The van der Waals surface area contributed by atoms with E-state index in [4.69, 9.17) is 9.47 Å². The minimum absolute atomic E-state index is 0.00833. The lowest BCUT2D eigenvalue weighted by atomic mass is 9.33. The van der Waals surface area contributed by atoms with Gasteiger partial charge in [0.15, 0.2) is 11.5 Å². The van der Waals surface area contributed by atoms with Crippen molar-refractivity contribution in [3.8, 4) is 11.5 Å². The maximum absolute atomic E-state index is 6.35. The zero-order valence-corrected chi connectivity index (χ0v) is 33.9. The first-order chi connectivity index (χ1) is 25.1. The first kappa shape index (κ1) is 34.1. The van der Waals surface area contributed by atoms with Gasteiger partial charge < -0.3 is 19.3 Å². The fourth-order valence-corrected chi connectivity index (χ4v) is 10.3. The summed E-state index contributed by atoms with van der Waals surface area (Å²) in [5, 5.41) is 2.61. The molecule has 3 aliphatic heterocycles. The number of aryl methyl sites for hydroxylation is 5. The van der Waals surface area contributed by atoms with Crippen LogP contribution in [0.5, 0.6) is 11.5 Å². The molecule has 1 aromatic heterocycles. The molecule has 53 heavy (non-hydrogen) atoms. The molecule has 4 nitrogen and oxygen atoms in total. The fourth-order valence-electron chi connectivity index (χ4n) is 9.08. The predicted octanol–water partition coefficient (Wildman–Crippen LogP) is 10.9. The monoisotopic (exact) mass is 716 g/mol. The Kier molecular flexibility index (Phi) is 7.51. The number of hydrogen-bond acceptors (Lipinski definition) is 5. The first-order valence-electron chi connectivity index (χ1n) is 19.0. The van der Waals surface area contributed by atoms with Crippen molar-refractivity contribution in [2.75, 3.05) is 23.0 Å². The van der Waals surface area contributed by atoms with Gasteiger partial charge in [-0.25, -0.2) is 0 Å². The lowest BCUT2D eigenvalue weighted by molar-refractivity contribution is 0.172. The summed E-state index contributed by atoms with van der Waals surface area (Å²) in [4.78, 5) is 5.16. The maximum Gasteiger partial charge on any atom is 0.254 e. The van der Waals surface area contributed by atoms with E-state index in [0.29, 0.717) is 13.2 Å². The molecule has 0 fully saturated rings. The zero-order valence-electron chi connectivity index (χ0n) is 33.0. The van der Waals surface area contributed by atoms with Crippen molar-refractivity contribution in [3.63, 3.8) is 0 Å². The summed E-state index contributed by atoms with van der Waals surface area (Å²) in [5.41, 5.74) is 19.3. The minimum Gasteiger partial charge on any atom is -0.486 e. The smallest absolute Gasteiger partial charge is 0.254 e. The molecule has 6 heteroatoms. The van der Waals surface area contributed by atoms with Crippen LogP contribution in [0.2, 0.25) is 0 Å². The van der Waals surface area contributed by atoms with E-state index in [1.807, 2.05) is 11.3 Å². The van der Waals surface area contributed by atoms with Crippen LogP contribution in [-0.2, 0) is 10.8 Å². The molecule has 0 saturated carbocycles. The van der Waals surface area contributed by atoms with Crippen LogP contribution in [0.1, 0.15) is 80.5 Å². The van der Waals surface area contributed by atoms with Gasteiger partial charge in [-0.2, -0.15) is 0 Å². The molecule has 0 spiro atoms. The van der Waals surface area contributed by atoms with Gasteiger partial charge in [-0.05, 0) is 130 Å². The average Bonchev–Trinajstić information content (AvgIpc) is 3.47. The second kappa shape index (κ2) is 11.7. The second-order valence-corrected chi connectivity index (χ2v) is 18.6. The van der Waals surface area contributed by atoms with Crippen LogP contribution in [0.4, 0.5) is 33.4 Å². The van der Waals surface area contributed by atoms with Crippen molar-refractivity contribution >= 4 is 78.0 Å². The van der Waals surface area contributed by atoms with E-state index in [1.165, 1.54) is 93.2 Å². The summed E-state index contributed by atoms with van der Waals surface area (Å²) in [5.74, 6) is 1.65. The Morgan fingerprint density at radius 1 is 0.585 bits per heavy atom. The number of ether oxygens (including phenoxy) is 2. The van der Waals surface area contributed by atoms with Gasteiger partial charge in [-0.15, -0.1) is 11.3 Å². The molecule has 0 bridgehead atoms. The molecule has 0 atom stereocenters. The van der Waals surface area contributed by atoms with Gasteiger partial charge in [0.25, 0.3) is 6.71 Å². The largest absolute Gasteiger partial charge is 0.486 e. The van der Waals surface area contributed by atoms with E-state index in [1.54, 1.807) is 0 Å². The Morgan fingerprint density at radius 2 is 1.09 bits per heavy atom. The molecular weight excluding hydrogens is 667 g/mol. The van der Waals surface area contributed by atoms with Crippen molar-refractivity contribution in [3.05, 3.63) is 112 Å². The normalized spacial score (nSPS) is 14.7. The molecule has 6 aromatic rings. The standard InChI is InChI=1S/C47H49BN2O2S/c1-26-18-36-42-37(19-26)50(44-29(4)22-32(23-30(44)5)47(9,10)11)45-41(33-14-12-13-15-40(33)53-45)48(42)34-24-38-39(52-17-16-51-38)25-35(34)49(36)43-27(2)20-31(21-28(43)3)46(6,7)8/h12-15,18-25H,16-17H2,1-11H3. The fraction of sp³-hybridized carbons (Fsp3) is 0.319. The number of rotatable bonds is 2. The Labute approximate surface area is 319 Å². The van der Waals surface area contributed by atoms with Crippen molar-refractivity contribution in [1.29, 1.82) is 0 Å². The SMILES string of the molecule is Cc1cc2c3c(c1)N(c1c(C)cc(C(C)(C)C)cc1C)c1sc4ccccc4c1B3c1cc3c(cc1N2c1c(C)cc(C(C)(C)C)cc1C)OCCO3. The van der Waals surface area contributed by atoms with Crippen LogP contribution < -0.4 is 35.7 Å². The molecule has 0 saturated heterocycles. The summed E-state index contributed by atoms with van der Waals surface area (Å²) in [6, 6.07) is 28.0. The molecule has 0 aliphatic carbocycles. The zero-order chi connectivity index (χ0) is 37.3. The number of fused-ring (bicyclic) bond motifs is 7. The van der Waals surface area contributed by atoms with Gasteiger partial charge in [-0.3, -0.25) is 0 Å². The predicted molar refractivity (Wildman–Crippen MR) is 228 cm³/mol. The Balaban J connectivity index is 1.41. The average molecular weight is 717 g/mol. The second-order valence-electron chi connectivity index (χ2n) is 17.6. The minimum atomic E-state index is 0.00833. The van der Waals surface area contributed by atoms with E-state index in [2.05, 4.69) is 159 Å². The molecule has 268 valence electrons. The molecule has 0 unspecified atom stereocenters. The molecule has 0 N–H and O–H groups in total. The van der Waals surface area contributed by atoms with Crippen molar-refractivity contribution in [2.24, 2.45) is 0 Å². The third-order valence-electron chi connectivity index (χ3n) is 11.6. The van der Waals surface area contributed by atoms with E-state index in [9.17, 15) is 0 Å². The summed E-state index contributed by atoms with van der Waals surface area (Å²) in [6.45, 7) is 26.4. The van der Waals surface area contributed by atoms with Crippen LogP contribution in [0.3, 0.4) is 0 Å². The lowest BCUT2D eigenvalue weighted by Gasteiger charge is -2.45. The van der Waals surface area contributed by atoms with Gasteiger partial charge in [0, 0.05) is 27.8 Å². The maximum atomic E-state index is 6.35. The van der Waals surface area contributed by atoms with Crippen molar-refractivity contribution < 1.29 is 9.47 Å². The van der Waals surface area contributed by atoms with Crippen LogP contribution in [0, 0.1) is 34.6 Å². The van der Waals surface area contributed by atoms with E-state index in [0.717, 1.165) is 17.2 Å². The van der Waals surface area contributed by atoms with E-state index in [-0.39, 0.29) is 17.5 Å². The summed E-state index contributed by atoms with van der Waals surface area (Å²) in [6.07, 6.45) is 0. The number of hydrogen-bond donors (Lipinski definition) is 0. The van der Waals surface area contributed by atoms with Crippen LogP contribution in [-0.4, -0.2) is 19.9 Å². The summed E-state index contributed by atoms with van der Waals surface area (Å²) >= 11 is 1.91. The number of anilines is 6. The number of benzene rings is 5. The molecule has 3 aliphatic rings. The van der Waals surface area contributed by atoms with Crippen molar-refractivity contribution in [1.82, 2.24) is 0 Å². The summed E-state index contributed by atoms with van der Waals surface area (Å²) in [7, 11) is 0. The van der Waals surface area contributed by atoms with Gasteiger partial charge in [0.05, 0.1) is 16.4 Å². The molecular formula is C47H49BN2O2S. The highest BCUT2D eigenvalue weighted by atomic mass is 32.1. The highest BCUT2D eigenvalue weighted by molar-refractivity contribution is 7.26. The highest BCUT2D eigenvalue weighted by Gasteiger charge is 2.47. The van der Waals surface area contributed by atoms with Gasteiger partial charge in [-0.1, -0.05) is 84.0 Å².